The Labute approximate surface area is 61.1 Å². The fourth-order valence-corrected chi connectivity index (χ4v) is 1.17. The lowest BCUT2D eigenvalue weighted by Crippen LogP contribution is -1.95. The van der Waals surface area contributed by atoms with Crippen LogP contribution in [0.25, 0.3) is 0 Å². The minimum atomic E-state index is -1.90. The molecule has 0 aliphatic heterocycles. The zero-order valence-corrected chi connectivity index (χ0v) is 6.55. The molecule has 0 bridgehead atoms. The first-order chi connectivity index (χ1) is 4.63. The molecule has 1 aromatic rings. The minimum absolute atomic E-state index is 0.377. The van der Waals surface area contributed by atoms with Crippen LogP contribution in [0.1, 0.15) is 5.69 Å². The van der Waals surface area contributed by atoms with Crippen LogP contribution in [-0.2, 0) is 18.1 Å². The number of aromatic nitrogens is 2. The normalized spacial score (nSPS) is 13.5. The third-order valence-electron chi connectivity index (χ3n) is 1.38. The van der Waals surface area contributed by atoms with Crippen molar-refractivity contribution < 1.29 is 8.76 Å². The summed E-state index contributed by atoms with van der Waals surface area (Å²) in [5.74, 6) is 0. The molecule has 0 radical (unpaired) electrons. The van der Waals surface area contributed by atoms with E-state index >= 15 is 0 Å². The molecular formula is C5H8N2O2S. The third kappa shape index (κ3) is 1.10. The monoisotopic (exact) mass is 160 g/mol. The highest BCUT2D eigenvalue weighted by Gasteiger charge is 2.07. The molecule has 4 nitrogen and oxygen atoms in total. The van der Waals surface area contributed by atoms with Crippen molar-refractivity contribution in [1.29, 1.82) is 0 Å². The van der Waals surface area contributed by atoms with E-state index in [-0.39, 0.29) is 0 Å². The van der Waals surface area contributed by atoms with Crippen LogP contribution in [0.15, 0.2) is 11.1 Å². The van der Waals surface area contributed by atoms with Gasteiger partial charge in [0.05, 0.1) is 11.9 Å². The Balaban J connectivity index is 3.17. The molecule has 1 N–H and O–H groups in total. The summed E-state index contributed by atoms with van der Waals surface area (Å²) < 4.78 is 20.7. The zero-order chi connectivity index (χ0) is 7.72. The molecule has 0 spiro atoms. The van der Waals surface area contributed by atoms with Crippen molar-refractivity contribution in [2.45, 2.75) is 11.8 Å². The molecule has 0 amide bonds. The Kier molecular flexibility index (Phi) is 1.87. The molecule has 0 saturated heterocycles. The highest BCUT2D eigenvalue weighted by Crippen LogP contribution is 2.08. The number of hydrogen-bond donors (Lipinski definition) is 1. The van der Waals surface area contributed by atoms with Gasteiger partial charge in [0.1, 0.15) is 4.90 Å². The highest BCUT2D eigenvalue weighted by atomic mass is 32.2. The molecule has 56 valence electrons. The Morgan fingerprint density at radius 1 is 1.80 bits per heavy atom. The van der Waals surface area contributed by atoms with Crippen LogP contribution in [0.3, 0.4) is 0 Å². The number of rotatable bonds is 1. The van der Waals surface area contributed by atoms with Crippen LogP contribution in [0.2, 0.25) is 0 Å². The second kappa shape index (κ2) is 2.51. The first-order valence-electron chi connectivity index (χ1n) is 2.72. The van der Waals surface area contributed by atoms with Crippen LogP contribution in [0, 0.1) is 6.92 Å². The Morgan fingerprint density at radius 2 is 2.40 bits per heavy atom. The summed E-state index contributed by atoms with van der Waals surface area (Å²) in [7, 11) is 1.73. The summed E-state index contributed by atoms with van der Waals surface area (Å²) in [4.78, 5) is 0.377. The summed E-state index contributed by atoms with van der Waals surface area (Å²) >= 11 is -1.90. The number of aryl methyl sites for hydroxylation is 1. The van der Waals surface area contributed by atoms with E-state index in [2.05, 4.69) is 5.10 Å². The quantitative estimate of drug-likeness (QED) is 0.601. The van der Waals surface area contributed by atoms with Gasteiger partial charge < -0.3 is 4.55 Å². The molecule has 1 rings (SSSR count). The van der Waals surface area contributed by atoms with E-state index in [1.807, 2.05) is 0 Å². The van der Waals surface area contributed by atoms with Gasteiger partial charge in [0.15, 0.2) is 11.1 Å². The largest absolute Gasteiger partial charge is 0.302 e. The van der Waals surface area contributed by atoms with E-state index in [4.69, 9.17) is 4.55 Å². The van der Waals surface area contributed by atoms with Crippen LogP contribution in [0.4, 0.5) is 0 Å². The van der Waals surface area contributed by atoms with E-state index in [0.717, 1.165) is 5.69 Å². The van der Waals surface area contributed by atoms with Crippen molar-refractivity contribution in [3.63, 3.8) is 0 Å². The van der Waals surface area contributed by atoms with Gasteiger partial charge in [-0.3, -0.25) is 4.68 Å². The van der Waals surface area contributed by atoms with Crippen LogP contribution in [-0.4, -0.2) is 18.5 Å². The average Bonchev–Trinajstić information content (AvgIpc) is 2.14. The Hall–Kier alpha value is -0.680. The van der Waals surface area contributed by atoms with E-state index in [1.54, 1.807) is 18.7 Å². The van der Waals surface area contributed by atoms with Crippen molar-refractivity contribution in [3.8, 4) is 0 Å². The van der Waals surface area contributed by atoms with Crippen LogP contribution >= 0.6 is 0 Å². The molecule has 10 heavy (non-hydrogen) atoms. The molecule has 0 fully saturated rings. The minimum Gasteiger partial charge on any atom is -0.302 e. The van der Waals surface area contributed by atoms with Crippen LogP contribution in [0.5, 0.6) is 0 Å². The lowest BCUT2D eigenvalue weighted by atomic mass is 10.5. The fraction of sp³-hybridized carbons (Fsp3) is 0.400. The predicted octanol–water partition coefficient (Wildman–Crippen LogP) is 0.309. The Morgan fingerprint density at radius 3 is 2.60 bits per heavy atom. The topological polar surface area (TPSA) is 55.1 Å². The maximum atomic E-state index is 10.5. The zero-order valence-electron chi connectivity index (χ0n) is 5.74. The van der Waals surface area contributed by atoms with Crippen molar-refractivity contribution in [2.24, 2.45) is 7.05 Å². The standard InChI is InChI=1S/C5H8N2O2S/c1-4-5(10(8)9)3-6-7(4)2/h3H,1-2H3,(H,8,9). The molecular weight excluding hydrogens is 152 g/mol. The van der Waals surface area contributed by atoms with Gasteiger partial charge in [-0.1, -0.05) is 0 Å². The third-order valence-corrected chi connectivity index (χ3v) is 2.16. The lowest BCUT2D eigenvalue weighted by Gasteiger charge is -1.92. The molecule has 0 aromatic carbocycles. The van der Waals surface area contributed by atoms with Gasteiger partial charge in [-0.25, -0.2) is 4.21 Å². The van der Waals surface area contributed by atoms with Gasteiger partial charge in [-0.05, 0) is 6.92 Å². The van der Waals surface area contributed by atoms with Gasteiger partial charge in [0.2, 0.25) is 0 Å². The van der Waals surface area contributed by atoms with Crippen molar-refractivity contribution >= 4 is 11.1 Å². The maximum absolute atomic E-state index is 10.5. The highest BCUT2D eigenvalue weighted by molar-refractivity contribution is 7.79. The van der Waals surface area contributed by atoms with Crippen LogP contribution < -0.4 is 0 Å². The summed E-state index contributed by atoms with van der Waals surface area (Å²) in [6.07, 6.45) is 1.39. The molecule has 1 aromatic heterocycles. The number of nitrogens with zero attached hydrogens (tertiary/aromatic N) is 2. The first kappa shape index (κ1) is 7.43. The number of hydrogen-bond acceptors (Lipinski definition) is 2. The second-order valence-electron chi connectivity index (χ2n) is 1.97. The lowest BCUT2D eigenvalue weighted by molar-refractivity contribution is 0.563. The van der Waals surface area contributed by atoms with Crippen molar-refractivity contribution in [2.75, 3.05) is 0 Å². The fourth-order valence-electron chi connectivity index (χ4n) is 0.650. The summed E-state index contributed by atoms with van der Waals surface area (Å²) in [5.41, 5.74) is 0.723. The van der Waals surface area contributed by atoms with Gasteiger partial charge in [0.25, 0.3) is 0 Å². The van der Waals surface area contributed by atoms with Gasteiger partial charge in [-0.2, -0.15) is 5.10 Å². The SMILES string of the molecule is Cc1c(S(=O)O)cnn1C. The molecule has 0 aliphatic rings. The smallest absolute Gasteiger partial charge is 0.190 e. The van der Waals surface area contributed by atoms with Crippen molar-refractivity contribution in [3.05, 3.63) is 11.9 Å². The summed E-state index contributed by atoms with van der Waals surface area (Å²) in [6, 6.07) is 0. The molecule has 0 saturated carbocycles. The van der Waals surface area contributed by atoms with E-state index in [0.29, 0.717) is 4.90 Å². The summed E-state index contributed by atoms with van der Waals surface area (Å²) in [6.45, 7) is 1.75. The van der Waals surface area contributed by atoms with Gasteiger partial charge in [-0.15, -0.1) is 0 Å². The Bertz CT molecular complexity index is 269. The molecule has 5 heteroatoms. The second-order valence-corrected chi connectivity index (χ2v) is 2.91. The molecule has 0 aliphatic carbocycles. The molecule has 1 atom stereocenters. The van der Waals surface area contributed by atoms with E-state index < -0.39 is 11.1 Å². The summed E-state index contributed by atoms with van der Waals surface area (Å²) in [5, 5.41) is 3.80. The molecule has 1 unspecified atom stereocenters. The van der Waals surface area contributed by atoms with Gasteiger partial charge >= 0.3 is 0 Å². The van der Waals surface area contributed by atoms with Crippen molar-refractivity contribution in [1.82, 2.24) is 9.78 Å². The van der Waals surface area contributed by atoms with E-state index in [9.17, 15) is 4.21 Å². The van der Waals surface area contributed by atoms with E-state index in [1.165, 1.54) is 6.20 Å². The maximum Gasteiger partial charge on any atom is 0.190 e. The average molecular weight is 160 g/mol. The first-order valence-corrected chi connectivity index (χ1v) is 3.83. The van der Waals surface area contributed by atoms with Gasteiger partial charge in [0, 0.05) is 7.05 Å². The predicted molar refractivity (Wildman–Crippen MR) is 37.0 cm³/mol. The molecule has 1 heterocycles.